The molecule has 2 rings (SSSR count). The molecule has 0 unspecified atom stereocenters. The van der Waals surface area contributed by atoms with Crippen molar-refractivity contribution in [1.29, 1.82) is 0 Å². The molecule has 6 nitrogen and oxygen atoms in total. The summed E-state index contributed by atoms with van der Waals surface area (Å²) in [5, 5.41) is 15.4. The Morgan fingerprint density at radius 1 is 1.04 bits per heavy atom. The highest BCUT2D eigenvalue weighted by Gasteiger charge is 2.14. The Hall–Kier alpha value is -2.86. The van der Waals surface area contributed by atoms with Crippen molar-refractivity contribution in [3.8, 4) is 5.75 Å². The lowest BCUT2D eigenvalue weighted by atomic mass is 9.98. The van der Waals surface area contributed by atoms with Crippen LogP contribution in [-0.4, -0.2) is 29.6 Å². The number of amides is 2. The third-order valence-corrected chi connectivity index (χ3v) is 4.31. The first-order valence-electron chi connectivity index (χ1n) is 9.32. The molecule has 0 spiro atoms. The molecule has 0 bridgehead atoms. The topological polar surface area (TPSA) is 87.7 Å². The van der Waals surface area contributed by atoms with Gasteiger partial charge < -0.3 is 20.5 Å². The summed E-state index contributed by atoms with van der Waals surface area (Å²) >= 11 is 0. The van der Waals surface area contributed by atoms with E-state index in [1.807, 2.05) is 12.1 Å². The number of carbonyl (C=O) groups excluding carboxylic acids is 2. The summed E-state index contributed by atoms with van der Waals surface area (Å²) in [6.45, 7) is 5.31. The maximum absolute atomic E-state index is 12.6. The van der Waals surface area contributed by atoms with Crippen LogP contribution in [0.25, 0.3) is 0 Å². The van der Waals surface area contributed by atoms with Gasteiger partial charge in [0.2, 0.25) is 5.91 Å². The van der Waals surface area contributed by atoms with Gasteiger partial charge in [-0.15, -0.1) is 0 Å². The minimum absolute atomic E-state index is 0.142. The van der Waals surface area contributed by atoms with Crippen molar-refractivity contribution in [2.24, 2.45) is 0 Å². The van der Waals surface area contributed by atoms with Gasteiger partial charge in [0.05, 0.1) is 24.1 Å². The average Bonchev–Trinajstić information content (AvgIpc) is 2.67. The van der Waals surface area contributed by atoms with Crippen molar-refractivity contribution < 1.29 is 19.4 Å². The van der Waals surface area contributed by atoms with Gasteiger partial charge in [0.1, 0.15) is 5.75 Å². The van der Waals surface area contributed by atoms with Crippen LogP contribution < -0.4 is 15.4 Å². The molecule has 0 fully saturated rings. The van der Waals surface area contributed by atoms with E-state index in [1.54, 1.807) is 51.1 Å². The van der Waals surface area contributed by atoms with Crippen molar-refractivity contribution in [2.45, 2.75) is 45.6 Å². The van der Waals surface area contributed by atoms with Crippen LogP contribution in [0.4, 0.5) is 11.4 Å². The van der Waals surface area contributed by atoms with Crippen LogP contribution in [-0.2, 0) is 11.2 Å². The van der Waals surface area contributed by atoms with Gasteiger partial charge in [-0.25, -0.2) is 0 Å². The van der Waals surface area contributed by atoms with Crippen LogP contribution in [0.5, 0.6) is 5.75 Å². The lowest BCUT2D eigenvalue weighted by Gasteiger charge is -2.16. The van der Waals surface area contributed by atoms with Crippen molar-refractivity contribution in [3.05, 3.63) is 53.6 Å². The monoisotopic (exact) mass is 384 g/mol. The van der Waals surface area contributed by atoms with Gasteiger partial charge in [-0.05, 0) is 56.5 Å². The van der Waals surface area contributed by atoms with E-state index in [9.17, 15) is 14.7 Å². The Morgan fingerprint density at radius 2 is 1.71 bits per heavy atom. The highest BCUT2D eigenvalue weighted by molar-refractivity contribution is 6.07. The van der Waals surface area contributed by atoms with Crippen LogP contribution in [0.2, 0.25) is 0 Å². The average molecular weight is 384 g/mol. The van der Waals surface area contributed by atoms with E-state index in [0.717, 1.165) is 12.0 Å². The predicted molar refractivity (Wildman–Crippen MR) is 111 cm³/mol. The van der Waals surface area contributed by atoms with E-state index in [-0.39, 0.29) is 11.8 Å². The molecule has 0 aliphatic heterocycles. The van der Waals surface area contributed by atoms with Gasteiger partial charge in [0, 0.05) is 18.1 Å². The zero-order valence-corrected chi connectivity index (χ0v) is 16.8. The van der Waals surface area contributed by atoms with E-state index in [0.29, 0.717) is 35.5 Å². The third kappa shape index (κ3) is 6.39. The summed E-state index contributed by atoms with van der Waals surface area (Å²) in [6, 6.07) is 12.3. The molecule has 0 aliphatic rings. The van der Waals surface area contributed by atoms with Gasteiger partial charge >= 0.3 is 0 Å². The number of rotatable bonds is 8. The molecule has 0 heterocycles. The normalized spacial score (nSPS) is 11.0. The third-order valence-electron chi connectivity index (χ3n) is 4.31. The minimum Gasteiger partial charge on any atom is -0.497 e. The number of methoxy groups -OCH3 is 1. The summed E-state index contributed by atoms with van der Waals surface area (Å²) < 4.78 is 5.21. The Bertz CT molecular complexity index is 823. The minimum atomic E-state index is -0.720. The van der Waals surface area contributed by atoms with E-state index in [4.69, 9.17) is 4.74 Å². The molecular formula is C22H28N2O4. The maximum Gasteiger partial charge on any atom is 0.255 e. The van der Waals surface area contributed by atoms with Gasteiger partial charge in [-0.3, -0.25) is 9.59 Å². The highest BCUT2D eigenvalue weighted by Crippen LogP contribution is 2.28. The Labute approximate surface area is 165 Å². The molecule has 0 radical (unpaired) electrons. The fraction of sp³-hybridized carbons (Fsp3) is 0.364. The lowest BCUT2D eigenvalue weighted by Crippen LogP contribution is -2.19. The molecule has 28 heavy (non-hydrogen) atoms. The number of carbonyl (C=O) groups is 2. The molecule has 6 heteroatoms. The number of benzene rings is 2. The van der Waals surface area contributed by atoms with E-state index < -0.39 is 5.60 Å². The smallest absolute Gasteiger partial charge is 0.255 e. The Kier molecular flexibility index (Phi) is 7.18. The SMILES string of the molecule is CCC(=O)Nc1ccc(OC)cc1NC(=O)c1ccc(CCC(C)(C)O)cc1. The lowest BCUT2D eigenvalue weighted by molar-refractivity contribution is -0.115. The number of ether oxygens (including phenoxy) is 1. The van der Waals surface area contributed by atoms with E-state index in [2.05, 4.69) is 10.6 Å². The number of aliphatic hydroxyl groups is 1. The van der Waals surface area contributed by atoms with E-state index >= 15 is 0 Å². The van der Waals surface area contributed by atoms with Crippen LogP contribution in [0.15, 0.2) is 42.5 Å². The quantitative estimate of drug-likeness (QED) is 0.642. The molecule has 0 aromatic heterocycles. The van der Waals surface area contributed by atoms with Crippen molar-refractivity contribution in [3.63, 3.8) is 0 Å². The molecule has 0 saturated carbocycles. The standard InChI is InChI=1S/C22H28N2O4/c1-5-20(25)23-18-11-10-17(28-4)14-19(18)24-21(26)16-8-6-15(7-9-16)12-13-22(2,3)27/h6-11,14,27H,5,12-13H2,1-4H3,(H,23,25)(H,24,26). The molecule has 2 amide bonds. The van der Waals surface area contributed by atoms with Crippen LogP contribution >= 0.6 is 0 Å². The summed E-state index contributed by atoms with van der Waals surface area (Å²) in [6.07, 6.45) is 1.71. The second-order valence-electron chi connectivity index (χ2n) is 7.28. The number of hydrogen-bond donors (Lipinski definition) is 3. The molecule has 2 aromatic carbocycles. The van der Waals surface area contributed by atoms with Crippen LogP contribution in [0.1, 0.15) is 49.5 Å². The number of hydrogen-bond acceptors (Lipinski definition) is 4. The van der Waals surface area contributed by atoms with E-state index in [1.165, 1.54) is 7.11 Å². The zero-order valence-electron chi connectivity index (χ0n) is 16.8. The molecule has 3 N–H and O–H groups in total. The van der Waals surface area contributed by atoms with Crippen LogP contribution in [0, 0.1) is 0 Å². The first-order valence-corrected chi connectivity index (χ1v) is 9.32. The second kappa shape index (κ2) is 9.37. The maximum atomic E-state index is 12.6. The van der Waals surface area contributed by atoms with Gasteiger partial charge in [-0.2, -0.15) is 0 Å². The first-order chi connectivity index (χ1) is 13.2. The van der Waals surface area contributed by atoms with Gasteiger partial charge in [0.15, 0.2) is 0 Å². The summed E-state index contributed by atoms with van der Waals surface area (Å²) in [5.74, 6) is 0.151. The zero-order chi connectivity index (χ0) is 20.7. The largest absolute Gasteiger partial charge is 0.497 e. The molecule has 2 aromatic rings. The van der Waals surface area contributed by atoms with Crippen LogP contribution in [0.3, 0.4) is 0 Å². The Balaban J connectivity index is 2.14. The van der Waals surface area contributed by atoms with Crippen molar-refractivity contribution in [1.82, 2.24) is 0 Å². The number of anilines is 2. The van der Waals surface area contributed by atoms with Gasteiger partial charge in [0.25, 0.3) is 5.91 Å². The Morgan fingerprint density at radius 3 is 2.29 bits per heavy atom. The number of nitrogens with one attached hydrogen (secondary N) is 2. The molecule has 150 valence electrons. The first kappa shape index (κ1) is 21.4. The van der Waals surface area contributed by atoms with Gasteiger partial charge in [-0.1, -0.05) is 19.1 Å². The molecule has 0 atom stereocenters. The summed E-state index contributed by atoms with van der Waals surface area (Å²) in [5.41, 5.74) is 1.82. The molecule has 0 aliphatic carbocycles. The summed E-state index contributed by atoms with van der Waals surface area (Å²) in [7, 11) is 1.54. The predicted octanol–water partition coefficient (Wildman–Crippen LogP) is 4.00. The van der Waals surface area contributed by atoms with Crippen molar-refractivity contribution >= 4 is 23.2 Å². The fourth-order valence-electron chi connectivity index (χ4n) is 2.57. The summed E-state index contributed by atoms with van der Waals surface area (Å²) in [4.78, 5) is 24.4. The molecular weight excluding hydrogens is 356 g/mol. The van der Waals surface area contributed by atoms with Crippen molar-refractivity contribution in [2.75, 3.05) is 17.7 Å². The number of aryl methyl sites for hydroxylation is 1. The second-order valence-corrected chi connectivity index (χ2v) is 7.28. The fourth-order valence-corrected chi connectivity index (χ4v) is 2.57. The molecule has 0 saturated heterocycles. The highest BCUT2D eigenvalue weighted by atomic mass is 16.5.